The average molecular weight is 412 g/mol. The van der Waals surface area contributed by atoms with Crippen molar-refractivity contribution in [1.82, 2.24) is 0 Å². The molecule has 0 heterocycles. The number of hydrogen-bond acceptors (Lipinski definition) is 6. The summed E-state index contributed by atoms with van der Waals surface area (Å²) in [5, 5.41) is 0. The molecule has 6 nitrogen and oxygen atoms in total. The molecule has 160 valence electrons. The number of aryl methyl sites for hydroxylation is 3. The Morgan fingerprint density at radius 2 is 1.60 bits per heavy atom. The molecule has 1 aliphatic carbocycles. The van der Waals surface area contributed by atoms with Gasteiger partial charge in [0.1, 0.15) is 0 Å². The molecule has 0 bridgehead atoms. The van der Waals surface area contributed by atoms with Gasteiger partial charge in [-0.3, -0.25) is 9.59 Å². The van der Waals surface area contributed by atoms with Crippen LogP contribution in [0.15, 0.2) is 30.3 Å². The number of fused-ring (bicyclic) bond motifs is 1. The third-order valence-corrected chi connectivity index (χ3v) is 5.40. The van der Waals surface area contributed by atoms with Gasteiger partial charge in [0.2, 0.25) is 11.5 Å². The highest BCUT2D eigenvalue weighted by Crippen LogP contribution is 2.38. The first-order valence-electron chi connectivity index (χ1n) is 10.1. The Labute approximate surface area is 177 Å². The molecule has 0 amide bonds. The standard InChI is InChI=1S/C24H28O6/c1-15(23(26)19-10-9-17-6-5-7-18(17)14-19)30-22(25)11-8-16-12-20(27-2)24(29-4)21(13-16)28-3/h9-10,12-15H,5-8,11H2,1-4H3/t15-/m1/s1. The minimum Gasteiger partial charge on any atom is -0.493 e. The van der Waals surface area contributed by atoms with Crippen LogP contribution in [0.25, 0.3) is 0 Å². The van der Waals surface area contributed by atoms with E-state index < -0.39 is 12.1 Å². The largest absolute Gasteiger partial charge is 0.493 e. The van der Waals surface area contributed by atoms with Gasteiger partial charge in [-0.2, -0.15) is 0 Å². The Morgan fingerprint density at radius 1 is 0.933 bits per heavy atom. The van der Waals surface area contributed by atoms with E-state index in [1.54, 1.807) is 33.3 Å². The molecular formula is C24H28O6. The minimum atomic E-state index is -0.822. The molecule has 0 aliphatic heterocycles. The summed E-state index contributed by atoms with van der Waals surface area (Å²) >= 11 is 0. The molecule has 0 radical (unpaired) electrons. The smallest absolute Gasteiger partial charge is 0.306 e. The maximum atomic E-state index is 12.7. The number of hydrogen-bond donors (Lipinski definition) is 0. The number of Topliss-reactive ketones (excluding diaryl/α,β-unsaturated/α-hetero) is 1. The third kappa shape index (κ3) is 4.75. The minimum absolute atomic E-state index is 0.139. The van der Waals surface area contributed by atoms with Crippen LogP contribution in [0.5, 0.6) is 17.2 Å². The lowest BCUT2D eigenvalue weighted by Crippen LogP contribution is -2.24. The fraction of sp³-hybridized carbons (Fsp3) is 0.417. The summed E-state index contributed by atoms with van der Waals surface area (Å²) in [5.41, 5.74) is 3.97. The van der Waals surface area contributed by atoms with Crippen molar-refractivity contribution in [2.24, 2.45) is 0 Å². The van der Waals surface area contributed by atoms with Gasteiger partial charge in [-0.25, -0.2) is 0 Å². The fourth-order valence-electron chi connectivity index (χ4n) is 3.80. The molecule has 6 heteroatoms. The Bertz CT molecular complexity index is 908. The molecule has 0 N–H and O–H groups in total. The summed E-state index contributed by atoms with van der Waals surface area (Å²) in [4.78, 5) is 25.0. The van der Waals surface area contributed by atoms with Gasteiger partial charge in [-0.05, 0) is 67.5 Å². The summed E-state index contributed by atoms with van der Waals surface area (Å²) in [6.45, 7) is 1.62. The topological polar surface area (TPSA) is 71.1 Å². The van der Waals surface area contributed by atoms with Gasteiger partial charge >= 0.3 is 5.97 Å². The lowest BCUT2D eigenvalue weighted by atomic mass is 10.0. The van der Waals surface area contributed by atoms with E-state index >= 15 is 0 Å². The highest BCUT2D eigenvalue weighted by Gasteiger charge is 2.22. The van der Waals surface area contributed by atoms with Crippen LogP contribution in [-0.2, 0) is 28.8 Å². The molecule has 0 aromatic heterocycles. The molecule has 0 spiro atoms. The van der Waals surface area contributed by atoms with Crippen molar-refractivity contribution in [3.05, 3.63) is 52.6 Å². The zero-order chi connectivity index (χ0) is 21.7. The first kappa shape index (κ1) is 21.7. The van der Waals surface area contributed by atoms with Crippen LogP contribution in [0.2, 0.25) is 0 Å². The van der Waals surface area contributed by atoms with Crippen LogP contribution < -0.4 is 14.2 Å². The van der Waals surface area contributed by atoms with E-state index in [2.05, 4.69) is 0 Å². The van der Waals surface area contributed by atoms with Crippen LogP contribution >= 0.6 is 0 Å². The molecule has 0 unspecified atom stereocenters. The van der Waals surface area contributed by atoms with Gasteiger partial charge in [0, 0.05) is 12.0 Å². The van der Waals surface area contributed by atoms with Crippen molar-refractivity contribution >= 4 is 11.8 Å². The number of ketones is 1. The second-order valence-corrected chi connectivity index (χ2v) is 7.37. The van der Waals surface area contributed by atoms with Crippen LogP contribution in [0.4, 0.5) is 0 Å². The third-order valence-electron chi connectivity index (χ3n) is 5.40. The maximum absolute atomic E-state index is 12.7. The first-order valence-corrected chi connectivity index (χ1v) is 10.1. The number of ether oxygens (including phenoxy) is 4. The number of rotatable bonds is 9. The lowest BCUT2D eigenvalue weighted by Gasteiger charge is -2.15. The predicted octanol–water partition coefficient (Wildman–Crippen LogP) is 3.95. The van der Waals surface area contributed by atoms with Gasteiger partial charge < -0.3 is 18.9 Å². The summed E-state index contributed by atoms with van der Waals surface area (Å²) in [6, 6.07) is 9.37. The van der Waals surface area contributed by atoms with E-state index in [0.717, 1.165) is 24.8 Å². The molecule has 3 rings (SSSR count). The maximum Gasteiger partial charge on any atom is 0.306 e. The summed E-state index contributed by atoms with van der Waals surface area (Å²) in [6.07, 6.45) is 2.93. The Morgan fingerprint density at radius 3 is 2.23 bits per heavy atom. The molecule has 30 heavy (non-hydrogen) atoms. The first-order chi connectivity index (χ1) is 14.5. The molecule has 0 saturated carbocycles. The van der Waals surface area contributed by atoms with Gasteiger partial charge in [-0.1, -0.05) is 12.1 Å². The van der Waals surface area contributed by atoms with Crippen molar-refractivity contribution in [3.8, 4) is 17.2 Å². The van der Waals surface area contributed by atoms with E-state index in [9.17, 15) is 9.59 Å². The molecule has 1 aliphatic rings. The molecule has 0 fully saturated rings. The van der Waals surface area contributed by atoms with Crippen molar-refractivity contribution < 1.29 is 28.5 Å². The van der Waals surface area contributed by atoms with Crippen molar-refractivity contribution in [2.45, 2.75) is 45.1 Å². The van der Waals surface area contributed by atoms with Crippen LogP contribution in [0.3, 0.4) is 0 Å². The highest BCUT2D eigenvalue weighted by atomic mass is 16.5. The molecule has 2 aromatic carbocycles. The monoisotopic (exact) mass is 412 g/mol. The zero-order valence-electron chi connectivity index (χ0n) is 17.9. The van der Waals surface area contributed by atoms with Crippen LogP contribution in [0.1, 0.15) is 46.8 Å². The second-order valence-electron chi connectivity index (χ2n) is 7.37. The number of esters is 1. The van der Waals surface area contributed by atoms with E-state index in [0.29, 0.717) is 29.2 Å². The normalized spacial score (nSPS) is 13.3. The Hall–Kier alpha value is -3.02. The number of methoxy groups -OCH3 is 3. The molecular weight excluding hydrogens is 384 g/mol. The van der Waals surface area contributed by atoms with Crippen molar-refractivity contribution in [1.29, 1.82) is 0 Å². The highest BCUT2D eigenvalue weighted by molar-refractivity contribution is 6.00. The summed E-state index contributed by atoms with van der Waals surface area (Å²) < 4.78 is 21.4. The summed E-state index contributed by atoms with van der Waals surface area (Å²) in [5.74, 6) is 0.956. The van der Waals surface area contributed by atoms with E-state index in [-0.39, 0.29) is 12.2 Å². The van der Waals surface area contributed by atoms with E-state index in [4.69, 9.17) is 18.9 Å². The van der Waals surface area contributed by atoms with Crippen LogP contribution in [-0.4, -0.2) is 39.2 Å². The number of carbonyl (C=O) groups is 2. The van der Waals surface area contributed by atoms with Crippen molar-refractivity contribution in [3.63, 3.8) is 0 Å². The van der Waals surface area contributed by atoms with Gasteiger partial charge in [0.05, 0.1) is 21.3 Å². The number of carbonyl (C=O) groups excluding carboxylic acids is 2. The van der Waals surface area contributed by atoms with Crippen LogP contribution in [0, 0.1) is 0 Å². The van der Waals surface area contributed by atoms with Gasteiger partial charge in [0.15, 0.2) is 17.6 Å². The van der Waals surface area contributed by atoms with Gasteiger partial charge in [0.25, 0.3) is 0 Å². The molecule has 0 saturated heterocycles. The SMILES string of the molecule is COc1cc(CCC(=O)O[C@H](C)C(=O)c2ccc3c(c2)CCC3)cc(OC)c1OC. The zero-order valence-corrected chi connectivity index (χ0v) is 17.9. The Kier molecular flexibility index (Phi) is 6.98. The fourth-order valence-corrected chi connectivity index (χ4v) is 3.80. The Balaban J connectivity index is 1.59. The predicted molar refractivity (Wildman–Crippen MR) is 113 cm³/mol. The summed E-state index contributed by atoms with van der Waals surface area (Å²) in [7, 11) is 4.63. The van der Waals surface area contributed by atoms with Gasteiger partial charge in [-0.15, -0.1) is 0 Å². The molecule has 2 aromatic rings. The second kappa shape index (κ2) is 9.65. The van der Waals surface area contributed by atoms with E-state index in [1.807, 2.05) is 18.2 Å². The van der Waals surface area contributed by atoms with Crippen molar-refractivity contribution in [2.75, 3.05) is 21.3 Å². The molecule has 1 atom stereocenters. The number of benzene rings is 2. The average Bonchev–Trinajstić information content (AvgIpc) is 3.24. The quantitative estimate of drug-likeness (QED) is 0.459. The lowest BCUT2D eigenvalue weighted by molar-refractivity contribution is -0.146. The van der Waals surface area contributed by atoms with E-state index in [1.165, 1.54) is 18.2 Å².